The Kier molecular flexibility index (Phi) is 10.6. The normalized spacial score (nSPS) is 18.5. The fraction of sp³-hybridized carbons (Fsp3) is 0.789. The van der Waals surface area contributed by atoms with E-state index in [0.717, 1.165) is 57.4 Å². The van der Waals surface area contributed by atoms with Crippen molar-refractivity contribution >= 4 is 29.9 Å². The van der Waals surface area contributed by atoms with E-state index in [-0.39, 0.29) is 30.1 Å². The van der Waals surface area contributed by atoms with Gasteiger partial charge in [-0.1, -0.05) is 13.8 Å². The first-order valence-corrected chi connectivity index (χ1v) is 9.68. The summed E-state index contributed by atoms with van der Waals surface area (Å²) < 4.78 is 7.84. The number of rotatable bonds is 7. The lowest BCUT2D eigenvalue weighted by Crippen LogP contribution is -2.50. The molecule has 156 valence electrons. The van der Waals surface area contributed by atoms with Crippen LogP contribution in [0.4, 0.5) is 0 Å². The van der Waals surface area contributed by atoms with Crippen LogP contribution in [0, 0.1) is 19.8 Å². The number of hydrogen-bond acceptors (Lipinski definition) is 4. The number of hydrogen-bond donors (Lipinski definition) is 2. The molecule has 27 heavy (non-hydrogen) atoms. The molecule has 2 N–H and O–H groups in total. The molecule has 1 saturated heterocycles. The number of morpholine rings is 1. The van der Waals surface area contributed by atoms with E-state index in [4.69, 9.17) is 4.74 Å². The van der Waals surface area contributed by atoms with E-state index in [1.165, 1.54) is 11.3 Å². The minimum atomic E-state index is 0. The summed E-state index contributed by atoms with van der Waals surface area (Å²) in [6.07, 6.45) is 1.15. The van der Waals surface area contributed by atoms with Crippen molar-refractivity contribution in [1.82, 2.24) is 25.3 Å². The van der Waals surface area contributed by atoms with E-state index in [9.17, 15) is 0 Å². The largest absolute Gasteiger partial charge is 0.374 e. The Balaban J connectivity index is 0.00000364. The number of nitrogens with one attached hydrogen (secondary N) is 2. The first kappa shape index (κ1) is 24.2. The minimum Gasteiger partial charge on any atom is -0.374 e. The third kappa shape index (κ3) is 7.57. The monoisotopic (exact) mass is 492 g/mol. The zero-order valence-corrected chi connectivity index (χ0v) is 20.0. The van der Waals surface area contributed by atoms with E-state index < -0.39 is 0 Å². The van der Waals surface area contributed by atoms with Crippen LogP contribution < -0.4 is 10.6 Å². The van der Waals surface area contributed by atoms with Crippen LogP contribution in [0.5, 0.6) is 0 Å². The zero-order chi connectivity index (χ0) is 19.1. The summed E-state index contributed by atoms with van der Waals surface area (Å²) in [5.41, 5.74) is 3.65. The number of nitrogens with zero attached hydrogens (tertiary/aromatic N) is 4. The first-order chi connectivity index (χ1) is 12.4. The Labute approximate surface area is 181 Å². The second-order valence-corrected chi connectivity index (χ2v) is 7.55. The van der Waals surface area contributed by atoms with Gasteiger partial charge in [-0.3, -0.25) is 14.6 Å². The van der Waals surface area contributed by atoms with Gasteiger partial charge in [0.1, 0.15) is 0 Å². The van der Waals surface area contributed by atoms with Crippen molar-refractivity contribution in [2.45, 2.75) is 40.2 Å². The van der Waals surface area contributed by atoms with E-state index in [2.05, 4.69) is 53.3 Å². The Hall–Kier alpha value is -0.870. The summed E-state index contributed by atoms with van der Waals surface area (Å²) in [5, 5.41) is 11.3. The Bertz CT molecular complexity index is 601. The maximum absolute atomic E-state index is 5.89. The van der Waals surface area contributed by atoms with Gasteiger partial charge in [-0.25, -0.2) is 0 Å². The number of aryl methyl sites for hydroxylation is 2. The highest BCUT2D eigenvalue weighted by atomic mass is 127. The van der Waals surface area contributed by atoms with Crippen molar-refractivity contribution in [3.05, 3.63) is 17.0 Å². The van der Waals surface area contributed by atoms with Crippen LogP contribution in [0.1, 0.15) is 30.8 Å². The van der Waals surface area contributed by atoms with Crippen LogP contribution in [-0.2, 0) is 18.2 Å². The highest BCUT2D eigenvalue weighted by Gasteiger charge is 2.21. The second kappa shape index (κ2) is 11.9. The van der Waals surface area contributed by atoms with E-state index in [0.29, 0.717) is 5.92 Å². The van der Waals surface area contributed by atoms with Crippen LogP contribution in [0.15, 0.2) is 4.99 Å². The fourth-order valence-corrected chi connectivity index (χ4v) is 3.50. The first-order valence-electron chi connectivity index (χ1n) is 9.68. The molecule has 1 aliphatic rings. The summed E-state index contributed by atoms with van der Waals surface area (Å²) in [7, 11) is 3.80. The summed E-state index contributed by atoms with van der Waals surface area (Å²) >= 11 is 0. The number of aliphatic imine (C=N–C) groups is 1. The predicted molar refractivity (Wildman–Crippen MR) is 122 cm³/mol. The van der Waals surface area contributed by atoms with E-state index in [1.54, 1.807) is 0 Å². The topological polar surface area (TPSA) is 66.7 Å². The van der Waals surface area contributed by atoms with Gasteiger partial charge in [0.25, 0.3) is 0 Å². The molecule has 0 saturated carbocycles. The van der Waals surface area contributed by atoms with Crippen molar-refractivity contribution in [3.63, 3.8) is 0 Å². The molecule has 0 amide bonds. The third-order valence-electron chi connectivity index (χ3n) is 4.89. The molecule has 2 heterocycles. The summed E-state index contributed by atoms with van der Waals surface area (Å²) in [6, 6.07) is 0. The van der Waals surface area contributed by atoms with Crippen LogP contribution in [-0.4, -0.2) is 73.1 Å². The lowest BCUT2D eigenvalue weighted by molar-refractivity contribution is -0.0284. The standard InChI is InChI=1S/C19H36N6O.HI/c1-14(2)12-25-9-10-26-17(13-25)11-22-19(20-5)21-8-7-18-15(3)23-24(6)16(18)4;/h14,17H,7-13H2,1-6H3,(H2,20,21,22);1H. The molecule has 1 aliphatic heterocycles. The molecule has 0 spiro atoms. The molecule has 1 unspecified atom stereocenters. The van der Waals surface area contributed by atoms with Crippen LogP contribution in [0.2, 0.25) is 0 Å². The number of ether oxygens (including phenoxy) is 1. The SMILES string of the molecule is CN=C(NCCc1c(C)nn(C)c1C)NCC1CN(CC(C)C)CCO1.I. The Morgan fingerprint density at radius 1 is 1.33 bits per heavy atom. The average Bonchev–Trinajstić information content (AvgIpc) is 2.83. The van der Waals surface area contributed by atoms with Crippen molar-refractivity contribution in [2.75, 3.05) is 46.4 Å². The Morgan fingerprint density at radius 2 is 2.07 bits per heavy atom. The van der Waals surface area contributed by atoms with Gasteiger partial charge in [-0.15, -0.1) is 24.0 Å². The maximum Gasteiger partial charge on any atom is 0.191 e. The zero-order valence-electron chi connectivity index (χ0n) is 17.7. The van der Waals surface area contributed by atoms with Crippen molar-refractivity contribution in [2.24, 2.45) is 18.0 Å². The quantitative estimate of drug-likeness (QED) is 0.345. The Morgan fingerprint density at radius 3 is 2.67 bits per heavy atom. The highest BCUT2D eigenvalue weighted by molar-refractivity contribution is 14.0. The molecule has 0 radical (unpaired) electrons. The second-order valence-electron chi connectivity index (χ2n) is 7.55. The molecular formula is C19H37IN6O. The highest BCUT2D eigenvalue weighted by Crippen LogP contribution is 2.12. The fourth-order valence-electron chi connectivity index (χ4n) is 3.50. The van der Waals surface area contributed by atoms with Gasteiger partial charge < -0.3 is 15.4 Å². The van der Waals surface area contributed by atoms with E-state index in [1.807, 2.05) is 18.8 Å². The smallest absolute Gasteiger partial charge is 0.191 e. The summed E-state index contributed by atoms with van der Waals surface area (Å²) in [5.74, 6) is 1.52. The van der Waals surface area contributed by atoms with Crippen molar-refractivity contribution in [3.8, 4) is 0 Å². The number of halogens is 1. The van der Waals surface area contributed by atoms with Gasteiger partial charge in [0.15, 0.2) is 5.96 Å². The van der Waals surface area contributed by atoms with Gasteiger partial charge in [0, 0.05) is 52.5 Å². The predicted octanol–water partition coefficient (Wildman–Crippen LogP) is 1.72. The molecule has 2 rings (SSSR count). The van der Waals surface area contributed by atoms with Gasteiger partial charge in [0.2, 0.25) is 0 Å². The number of aromatic nitrogens is 2. The summed E-state index contributed by atoms with van der Waals surface area (Å²) in [6.45, 7) is 14.3. The van der Waals surface area contributed by atoms with Crippen molar-refractivity contribution < 1.29 is 4.74 Å². The molecule has 8 heteroatoms. The summed E-state index contributed by atoms with van der Waals surface area (Å²) in [4.78, 5) is 6.82. The molecular weight excluding hydrogens is 455 g/mol. The maximum atomic E-state index is 5.89. The molecule has 1 aromatic heterocycles. The van der Waals surface area contributed by atoms with Gasteiger partial charge >= 0.3 is 0 Å². The molecule has 1 atom stereocenters. The van der Waals surface area contributed by atoms with Gasteiger partial charge in [-0.05, 0) is 31.7 Å². The van der Waals surface area contributed by atoms with Gasteiger partial charge in [-0.2, -0.15) is 5.10 Å². The van der Waals surface area contributed by atoms with Crippen LogP contribution in [0.25, 0.3) is 0 Å². The van der Waals surface area contributed by atoms with Crippen molar-refractivity contribution in [1.29, 1.82) is 0 Å². The van der Waals surface area contributed by atoms with Crippen LogP contribution >= 0.6 is 24.0 Å². The molecule has 0 aromatic carbocycles. The lowest BCUT2D eigenvalue weighted by Gasteiger charge is -2.34. The molecule has 0 bridgehead atoms. The average molecular weight is 492 g/mol. The van der Waals surface area contributed by atoms with Crippen LogP contribution in [0.3, 0.4) is 0 Å². The third-order valence-corrected chi connectivity index (χ3v) is 4.89. The van der Waals surface area contributed by atoms with E-state index >= 15 is 0 Å². The molecule has 1 fully saturated rings. The molecule has 1 aromatic rings. The molecule has 7 nitrogen and oxygen atoms in total. The lowest BCUT2D eigenvalue weighted by atomic mass is 10.1. The minimum absolute atomic E-state index is 0. The van der Waals surface area contributed by atoms with Gasteiger partial charge in [0.05, 0.1) is 18.4 Å². The number of guanidine groups is 1. The molecule has 0 aliphatic carbocycles.